The van der Waals surface area contributed by atoms with Gasteiger partial charge in [0.15, 0.2) is 0 Å². The molecule has 0 aromatic carbocycles. The molecule has 0 amide bonds. The van der Waals surface area contributed by atoms with Crippen molar-refractivity contribution in [3.63, 3.8) is 0 Å². The summed E-state index contributed by atoms with van der Waals surface area (Å²) in [6.07, 6.45) is 0. The highest BCUT2D eigenvalue weighted by atomic mass is 31.2. The monoisotopic (exact) mass is 166 g/mol. The first-order valence-corrected chi connectivity index (χ1v) is 4.63. The van der Waals surface area contributed by atoms with E-state index in [1.54, 1.807) is 0 Å². The van der Waals surface area contributed by atoms with Gasteiger partial charge in [-0.2, -0.15) is 0 Å². The minimum absolute atomic E-state index is 0.434. The minimum atomic E-state index is -2.86. The average molecular weight is 166 g/mol. The highest BCUT2D eigenvalue weighted by molar-refractivity contribution is 7.55. The summed E-state index contributed by atoms with van der Waals surface area (Å²) in [6, 6.07) is 0. The smallest absolute Gasteiger partial charge is 0.312 e. The molecule has 0 heterocycles. The lowest BCUT2D eigenvalue weighted by atomic mass is 10.3. The second-order valence-electron chi connectivity index (χ2n) is 3.03. The van der Waals surface area contributed by atoms with E-state index in [1.165, 1.54) is 14.2 Å². The third-order valence-corrected chi connectivity index (χ3v) is 3.91. The van der Waals surface area contributed by atoms with Crippen LogP contribution in [0.1, 0.15) is 20.8 Å². The van der Waals surface area contributed by atoms with Crippen molar-refractivity contribution in [3.05, 3.63) is 0 Å². The van der Waals surface area contributed by atoms with E-state index >= 15 is 0 Å². The fourth-order valence-corrected chi connectivity index (χ4v) is 1.87. The molecular formula is C6H15O3P. The van der Waals surface area contributed by atoms with Crippen LogP contribution in [0.3, 0.4) is 0 Å². The van der Waals surface area contributed by atoms with Gasteiger partial charge >= 0.3 is 7.60 Å². The minimum Gasteiger partial charge on any atom is -0.312 e. The Kier molecular flexibility index (Phi) is 3.08. The number of hydrogen-bond acceptors (Lipinski definition) is 3. The third kappa shape index (κ3) is 1.82. The molecule has 0 saturated heterocycles. The Morgan fingerprint density at radius 2 is 1.40 bits per heavy atom. The highest BCUT2D eigenvalue weighted by Gasteiger charge is 2.37. The van der Waals surface area contributed by atoms with Crippen molar-refractivity contribution in [2.24, 2.45) is 0 Å². The maximum atomic E-state index is 11.5. The molecule has 0 radical (unpaired) electrons. The summed E-state index contributed by atoms with van der Waals surface area (Å²) in [5, 5.41) is -0.434. The van der Waals surface area contributed by atoms with Crippen LogP contribution in [0.25, 0.3) is 0 Å². The molecule has 10 heavy (non-hydrogen) atoms. The summed E-state index contributed by atoms with van der Waals surface area (Å²) in [5.74, 6) is 0. The van der Waals surface area contributed by atoms with E-state index in [0.717, 1.165) is 0 Å². The molecule has 0 atom stereocenters. The van der Waals surface area contributed by atoms with Gasteiger partial charge in [-0.3, -0.25) is 4.57 Å². The van der Waals surface area contributed by atoms with Crippen molar-refractivity contribution in [2.45, 2.75) is 25.9 Å². The van der Waals surface area contributed by atoms with Crippen LogP contribution < -0.4 is 0 Å². The van der Waals surface area contributed by atoms with E-state index in [1.807, 2.05) is 20.8 Å². The Bertz CT molecular complexity index is 140. The predicted molar refractivity (Wildman–Crippen MR) is 41.4 cm³/mol. The first kappa shape index (κ1) is 10.2. The van der Waals surface area contributed by atoms with Crippen LogP contribution in [0.5, 0.6) is 0 Å². The quantitative estimate of drug-likeness (QED) is 0.590. The van der Waals surface area contributed by atoms with Crippen LogP contribution in [-0.4, -0.2) is 19.4 Å². The predicted octanol–water partition coefficient (Wildman–Crippen LogP) is 2.27. The molecule has 3 nitrogen and oxygen atoms in total. The maximum absolute atomic E-state index is 11.5. The van der Waals surface area contributed by atoms with Crippen molar-refractivity contribution in [3.8, 4) is 0 Å². The second kappa shape index (κ2) is 3.04. The lowest BCUT2D eigenvalue weighted by Crippen LogP contribution is -2.16. The first-order valence-electron chi connectivity index (χ1n) is 3.09. The largest absolute Gasteiger partial charge is 0.335 e. The van der Waals surface area contributed by atoms with Crippen LogP contribution in [0.2, 0.25) is 0 Å². The summed E-state index contributed by atoms with van der Waals surface area (Å²) in [7, 11) is -0.0683. The van der Waals surface area contributed by atoms with Gasteiger partial charge in [0.05, 0.1) is 5.16 Å². The number of rotatable bonds is 2. The van der Waals surface area contributed by atoms with Gasteiger partial charge in [0.2, 0.25) is 0 Å². The fourth-order valence-electron chi connectivity index (χ4n) is 0.622. The molecule has 0 N–H and O–H groups in total. The van der Waals surface area contributed by atoms with E-state index in [2.05, 4.69) is 0 Å². The van der Waals surface area contributed by atoms with Gasteiger partial charge < -0.3 is 9.05 Å². The van der Waals surface area contributed by atoms with Gasteiger partial charge in [-0.1, -0.05) is 0 Å². The first-order chi connectivity index (χ1) is 4.37. The Labute approximate surface area is 62.3 Å². The van der Waals surface area contributed by atoms with Crippen LogP contribution in [0.4, 0.5) is 0 Å². The Hall–Kier alpha value is 0.150. The molecule has 0 bridgehead atoms. The molecule has 0 aromatic rings. The van der Waals surface area contributed by atoms with Gasteiger partial charge in [-0.05, 0) is 20.8 Å². The molecule has 0 aliphatic rings. The van der Waals surface area contributed by atoms with Crippen molar-refractivity contribution >= 4 is 7.60 Å². The Morgan fingerprint density at radius 3 is 1.40 bits per heavy atom. The summed E-state index contributed by atoms with van der Waals surface area (Å²) >= 11 is 0. The maximum Gasteiger partial charge on any atom is 0.335 e. The molecule has 0 fully saturated rings. The molecule has 0 unspecified atom stereocenters. The topological polar surface area (TPSA) is 35.5 Å². The lowest BCUT2D eigenvalue weighted by Gasteiger charge is -2.26. The fraction of sp³-hybridized carbons (Fsp3) is 1.00. The average Bonchev–Trinajstić information content (AvgIpc) is 1.84. The summed E-state index contributed by atoms with van der Waals surface area (Å²) in [4.78, 5) is 0. The molecule has 0 rings (SSSR count). The standard InChI is InChI=1S/C6H15O3P/c1-6(2,3)10(7,8-4)9-5/h1-5H3. The van der Waals surface area contributed by atoms with Crippen molar-refractivity contribution in [1.82, 2.24) is 0 Å². The zero-order chi connectivity index (χ0) is 8.41. The zero-order valence-corrected chi connectivity index (χ0v) is 8.07. The summed E-state index contributed by atoms with van der Waals surface area (Å²) in [6.45, 7) is 5.46. The summed E-state index contributed by atoms with van der Waals surface area (Å²) in [5.41, 5.74) is 0. The van der Waals surface area contributed by atoms with Crippen molar-refractivity contribution in [1.29, 1.82) is 0 Å². The van der Waals surface area contributed by atoms with Crippen molar-refractivity contribution in [2.75, 3.05) is 14.2 Å². The van der Waals surface area contributed by atoms with Gasteiger partial charge in [0, 0.05) is 14.2 Å². The van der Waals surface area contributed by atoms with Crippen molar-refractivity contribution < 1.29 is 13.6 Å². The molecule has 0 saturated carbocycles. The van der Waals surface area contributed by atoms with Crippen LogP contribution in [0.15, 0.2) is 0 Å². The zero-order valence-electron chi connectivity index (χ0n) is 7.17. The van der Waals surface area contributed by atoms with Crippen LogP contribution in [0, 0.1) is 0 Å². The van der Waals surface area contributed by atoms with Gasteiger partial charge in [0.25, 0.3) is 0 Å². The lowest BCUT2D eigenvalue weighted by molar-refractivity contribution is 0.255. The van der Waals surface area contributed by atoms with Gasteiger partial charge in [0.1, 0.15) is 0 Å². The van der Waals surface area contributed by atoms with Gasteiger partial charge in [-0.15, -0.1) is 0 Å². The third-order valence-electron chi connectivity index (χ3n) is 1.30. The second-order valence-corrected chi connectivity index (χ2v) is 6.10. The molecule has 0 spiro atoms. The summed E-state index contributed by atoms with van der Waals surface area (Å²) < 4.78 is 21.1. The van der Waals surface area contributed by atoms with Crippen LogP contribution in [-0.2, 0) is 13.6 Å². The normalized spacial score (nSPS) is 13.7. The molecule has 0 aliphatic carbocycles. The SMILES string of the molecule is COP(=O)(OC)C(C)(C)C. The molecule has 0 aliphatic heterocycles. The van der Waals surface area contributed by atoms with E-state index in [-0.39, 0.29) is 0 Å². The number of hydrogen-bond donors (Lipinski definition) is 0. The highest BCUT2D eigenvalue weighted by Crippen LogP contribution is 2.58. The van der Waals surface area contributed by atoms with E-state index in [0.29, 0.717) is 0 Å². The van der Waals surface area contributed by atoms with E-state index in [9.17, 15) is 4.57 Å². The molecule has 0 aromatic heterocycles. The van der Waals surface area contributed by atoms with Crippen LogP contribution >= 0.6 is 7.60 Å². The Morgan fingerprint density at radius 1 is 1.10 bits per heavy atom. The van der Waals surface area contributed by atoms with Gasteiger partial charge in [-0.25, -0.2) is 0 Å². The Balaban J connectivity index is 4.51. The van der Waals surface area contributed by atoms with E-state index in [4.69, 9.17) is 9.05 Å². The van der Waals surface area contributed by atoms with E-state index < -0.39 is 12.8 Å². The molecule has 62 valence electrons. The molecular weight excluding hydrogens is 151 g/mol. The molecule has 4 heteroatoms.